The summed E-state index contributed by atoms with van der Waals surface area (Å²) in [5.74, 6) is 0.417. The molecule has 0 radical (unpaired) electrons. The molecule has 2 heteroatoms. The lowest BCUT2D eigenvalue weighted by atomic mass is 9.67. The Balaban J connectivity index is 1.88. The van der Waals surface area contributed by atoms with Crippen molar-refractivity contribution in [3.8, 4) is 0 Å². The van der Waals surface area contributed by atoms with E-state index in [4.69, 9.17) is 4.74 Å². The van der Waals surface area contributed by atoms with E-state index in [-0.39, 0.29) is 0 Å². The summed E-state index contributed by atoms with van der Waals surface area (Å²) in [4.78, 5) is 11.2. The van der Waals surface area contributed by atoms with Crippen molar-refractivity contribution >= 4 is 5.78 Å². The summed E-state index contributed by atoms with van der Waals surface area (Å²) in [6.07, 6.45) is 14.4. The molecule has 24 heavy (non-hydrogen) atoms. The minimum absolute atomic E-state index is 0.355. The average molecular weight is 339 g/mol. The molecular formula is C22H42O2. The van der Waals surface area contributed by atoms with E-state index < -0.39 is 0 Å². The van der Waals surface area contributed by atoms with Crippen molar-refractivity contribution < 1.29 is 9.53 Å². The first-order valence-corrected chi connectivity index (χ1v) is 10.4. The molecule has 0 aromatic heterocycles. The third-order valence-corrected chi connectivity index (χ3v) is 6.32. The number of ketones is 1. The third kappa shape index (κ3) is 8.65. The van der Waals surface area contributed by atoms with Crippen LogP contribution in [-0.2, 0) is 9.53 Å². The summed E-state index contributed by atoms with van der Waals surface area (Å²) >= 11 is 0. The zero-order chi connectivity index (χ0) is 18.1. The highest BCUT2D eigenvalue weighted by Crippen LogP contribution is 2.41. The van der Waals surface area contributed by atoms with E-state index in [1.54, 1.807) is 0 Å². The number of Topliss-reactive ketones (excluding diaryl/α,β-unsaturated/α-hetero) is 1. The zero-order valence-electron chi connectivity index (χ0n) is 17.1. The van der Waals surface area contributed by atoms with Gasteiger partial charge in [-0.2, -0.15) is 0 Å². The van der Waals surface area contributed by atoms with Crippen LogP contribution in [0.15, 0.2) is 0 Å². The van der Waals surface area contributed by atoms with Gasteiger partial charge in [0.1, 0.15) is 5.78 Å². The average Bonchev–Trinajstić information content (AvgIpc) is 2.49. The van der Waals surface area contributed by atoms with Gasteiger partial charge in [0, 0.05) is 19.4 Å². The Hall–Kier alpha value is -0.370. The first kappa shape index (κ1) is 21.7. The van der Waals surface area contributed by atoms with Gasteiger partial charge in [0.25, 0.3) is 0 Å². The smallest absolute Gasteiger partial charge is 0.133 e. The van der Waals surface area contributed by atoms with E-state index in [0.717, 1.165) is 32.3 Å². The molecule has 0 atom stereocenters. The van der Waals surface area contributed by atoms with Gasteiger partial charge >= 0.3 is 0 Å². The highest BCUT2D eigenvalue weighted by atomic mass is 16.5. The molecule has 0 amide bonds. The summed E-state index contributed by atoms with van der Waals surface area (Å²) in [6.45, 7) is 12.8. The molecule has 0 saturated heterocycles. The van der Waals surface area contributed by atoms with E-state index in [1.807, 2.05) is 0 Å². The van der Waals surface area contributed by atoms with Crippen LogP contribution >= 0.6 is 0 Å². The molecule has 142 valence electrons. The van der Waals surface area contributed by atoms with Gasteiger partial charge in [-0.05, 0) is 36.5 Å². The fourth-order valence-corrected chi connectivity index (χ4v) is 3.26. The third-order valence-electron chi connectivity index (χ3n) is 6.32. The lowest BCUT2D eigenvalue weighted by Crippen LogP contribution is -2.29. The van der Waals surface area contributed by atoms with Crippen LogP contribution in [0.3, 0.4) is 0 Å². The molecule has 2 nitrogen and oxygen atoms in total. The SMILES string of the molecule is CC(C)(C)C(C)(C)CCCCCCCCCOC1CCC(=O)CC1. The van der Waals surface area contributed by atoms with Crippen molar-refractivity contribution in [2.24, 2.45) is 10.8 Å². The van der Waals surface area contributed by atoms with Crippen molar-refractivity contribution in [1.82, 2.24) is 0 Å². The topological polar surface area (TPSA) is 26.3 Å². The van der Waals surface area contributed by atoms with Crippen molar-refractivity contribution in [2.45, 2.75) is 118 Å². The monoisotopic (exact) mass is 338 g/mol. The molecule has 0 heterocycles. The quantitative estimate of drug-likeness (QED) is 0.391. The van der Waals surface area contributed by atoms with Gasteiger partial charge in [0.05, 0.1) is 6.10 Å². The maximum atomic E-state index is 11.2. The van der Waals surface area contributed by atoms with E-state index in [1.165, 1.54) is 51.4 Å². The number of ether oxygens (including phenoxy) is 1. The van der Waals surface area contributed by atoms with Crippen molar-refractivity contribution in [3.63, 3.8) is 0 Å². The molecular weight excluding hydrogens is 296 g/mol. The minimum Gasteiger partial charge on any atom is -0.378 e. The first-order valence-electron chi connectivity index (χ1n) is 10.4. The Morgan fingerprint density at radius 2 is 1.33 bits per heavy atom. The number of carbonyl (C=O) groups excluding carboxylic acids is 1. The molecule has 0 aliphatic heterocycles. The lowest BCUT2D eigenvalue weighted by molar-refractivity contribution is -0.123. The predicted octanol–water partition coefficient (Wildman–Crippen LogP) is 6.71. The molecule has 1 aliphatic carbocycles. The molecule has 0 spiro atoms. The number of rotatable bonds is 11. The van der Waals surface area contributed by atoms with Crippen molar-refractivity contribution in [1.29, 1.82) is 0 Å². The van der Waals surface area contributed by atoms with Crippen LogP contribution < -0.4 is 0 Å². The molecule has 0 aromatic carbocycles. The standard InChI is InChI=1S/C22H42O2/c1-21(2,3)22(4,5)17-11-9-7-6-8-10-12-18-24-20-15-13-19(23)14-16-20/h20H,6-18H2,1-5H3. The highest BCUT2D eigenvalue weighted by molar-refractivity contribution is 5.79. The van der Waals surface area contributed by atoms with Crippen LogP contribution in [0.4, 0.5) is 0 Å². The predicted molar refractivity (Wildman–Crippen MR) is 103 cm³/mol. The van der Waals surface area contributed by atoms with Gasteiger partial charge in [-0.3, -0.25) is 4.79 Å². The van der Waals surface area contributed by atoms with E-state index in [0.29, 0.717) is 22.7 Å². The maximum Gasteiger partial charge on any atom is 0.133 e. The second-order valence-corrected chi connectivity index (χ2v) is 9.47. The Labute approximate surface area is 151 Å². The van der Waals surface area contributed by atoms with Crippen LogP contribution in [-0.4, -0.2) is 18.5 Å². The summed E-state index contributed by atoms with van der Waals surface area (Å²) in [5, 5.41) is 0. The van der Waals surface area contributed by atoms with Gasteiger partial charge < -0.3 is 4.74 Å². The second-order valence-electron chi connectivity index (χ2n) is 9.47. The fraction of sp³-hybridized carbons (Fsp3) is 0.955. The molecule has 0 bridgehead atoms. The second kappa shape index (κ2) is 10.6. The summed E-state index contributed by atoms with van der Waals surface area (Å²) in [6, 6.07) is 0. The van der Waals surface area contributed by atoms with Crippen molar-refractivity contribution in [3.05, 3.63) is 0 Å². The van der Waals surface area contributed by atoms with Crippen LogP contribution in [0.1, 0.15) is 112 Å². The van der Waals surface area contributed by atoms with Gasteiger partial charge in [0.15, 0.2) is 0 Å². The molecule has 1 saturated carbocycles. The highest BCUT2D eigenvalue weighted by Gasteiger charge is 2.31. The number of hydrogen-bond donors (Lipinski definition) is 0. The van der Waals surface area contributed by atoms with Crippen LogP contribution in [0.5, 0.6) is 0 Å². The van der Waals surface area contributed by atoms with Crippen LogP contribution in [0.2, 0.25) is 0 Å². The normalized spacial score (nSPS) is 17.5. The van der Waals surface area contributed by atoms with Gasteiger partial charge in [-0.1, -0.05) is 73.1 Å². The number of unbranched alkanes of at least 4 members (excludes halogenated alkanes) is 6. The summed E-state index contributed by atoms with van der Waals surface area (Å²) in [7, 11) is 0. The first-order chi connectivity index (χ1) is 11.2. The molecule has 0 N–H and O–H groups in total. The zero-order valence-corrected chi connectivity index (χ0v) is 17.1. The number of carbonyl (C=O) groups is 1. The Kier molecular flexibility index (Phi) is 9.56. The largest absolute Gasteiger partial charge is 0.378 e. The molecule has 0 unspecified atom stereocenters. The Morgan fingerprint density at radius 1 is 0.833 bits per heavy atom. The van der Waals surface area contributed by atoms with Crippen molar-refractivity contribution in [2.75, 3.05) is 6.61 Å². The summed E-state index contributed by atoms with van der Waals surface area (Å²) < 4.78 is 5.89. The van der Waals surface area contributed by atoms with E-state index >= 15 is 0 Å². The van der Waals surface area contributed by atoms with E-state index in [2.05, 4.69) is 34.6 Å². The lowest BCUT2D eigenvalue weighted by Gasteiger charge is -2.39. The maximum absolute atomic E-state index is 11.2. The van der Waals surface area contributed by atoms with E-state index in [9.17, 15) is 4.79 Å². The van der Waals surface area contributed by atoms with Crippen LogP contribution in [0.25, 0.3) is 0 Å². The molecule has 1 aliphatic rings. The fourth-order valence-electron chi connectivity index (χ4n) is 3.26. The van der Waals surface area contributed by atoms with Crippen LogP contribution in [0, 0.1) is 10.8 Å². The summed E-state index contributed by atoms with van der Waals surface area (Å²) in [5.41, 5.74) is 0.840. The van der Waals surface area contributed by atoms with Gasteiger partial charge in [-0.25, -0.2) is 0 Å². The Bertz CT molecular complexity index is 341. The molecule has 1 rings (SSSR count). The minimum atomic E-state index is 0.355. The molecule has 1 fully saturated rings. The van der Waals surface area contributed by atoms with Gasteiger partial charge in [0.2, 0.25) is 0 Å². The van der Waals surface area contributed by atoms with Gasteiger partial charge in [-0.15, -0.1) is 0 Å². The molecule has 0 aromatic rings. The number of hydrogen-bond acceptors (Lipinski definition) is 2. The Morgan fingerprint density at radius 3 is 1.88 bits per heavy atom.